The van der Waals surface area contributed by atoms with E-state index in [-0.39, 0.29) is 19.8 Å². The fraction of sp³-hybridized carbons (Fsp3) is 0.364. The van der Waals surface area contributed by atoms with Crippen molar-refractivity contribution in [3.05, 3.63) is 29.6 Å². The Hall–Kier alpha value is -2.09. The number of hydrogen-bond donors (Lipinski definition) is 1. The highest BCUT2D eigenvalue weighted by atomic mass is 19.2. The van der Waals surface area contributed by atoms with Gasteiger partial charge < -0.3 is 15.4 Å². The average Bonchev–Trinajstić information content (AvgIpc) is 2.41. The van der Waals surface area contributed by atoms with Crippen molar-refractivity contribution < 1.29 is 23.1 Å². The molecule has 1 aliphatic heterocycles. The molecule has 0 aliphatic carbocycles. The molecule has 19 heavy (non-hydrogen) atoms. The maximum absolute atomic E-state index is 13.5. The highest BCUT2D eigenvalue weighted by Gasteiger charge is 2.33. The van der Waals surface area contributed by atoms with Gasteiger partial charge in [-0.2, -0.15) is 4.39 Å². The average molecular weight is 271 g/mol. The molecule has 1 aliphatic rings. The summed E-state index contributed by atoms with van der Waals surface area (Å²) in [6.07, 6.45) is 0.978. The van der Waals surface area contributed by atoms with Gasteiger partial charge in [0.25, 0.3) is 5.91 Å². The zero-order chi connectivity index (χ0) is 14.0. The molecule has 1 unspecified atom stereocenters. The summed E-state index contributed by atoms with van der Waals surface area (Å²) in [6, 6.07) is 0.0609. The van der Waals surface area contributed by atoms with Crippen LogP contribution in [0, 0.1) is 11.8 Å². The first-order valence-corrected chi connectivity index (χ1v) is 5.50. The van der Waals surface area contributed by atoms with Crippen LogP contribution in [0.3, 0.4) is 0 Å². The minimum absolute atomic E-state index is 0.0593. The summed E-state index contributed by atoms with van der Waals surface area (Å²) < 4.78 is 31.5. The predicted molar refractivity (Wildman–Crippen MR) is 59.0 cm³/mol. The van der Waals surface area contributed by atoms with Crippen LogP contribution < -0.4 is 5.73 Å². The Labute approximate surface area is 107 Å². The van der Waals surface area contributed by atoms with Crippen LogP contribution in [0.1, 0.15) is 10.4 Å². The number of carbonyl (C=O) groups excluding carboxylic acids is 2. The van der Waals surface area contributed by atoms with Crippen molar-refractivity contribution in [2.45, 2.75) is 6.04 Å². The summed E-state index contributed by atoms with van der Waals surface area (Å²) in [4.78, 5) is 27.5. The lowest BCUT2D eigenvalue weighted by atomic mass is 10.1. The Bertz CT molecular complexity index is 524. The molecule has 8 heteroatoms. The van der Waals surface area contributed by atoms with Crippen LogP contribution in [-0.4, -0.2) is 47.5 Å². The molecule has 2 amide bonds. The first-order chi connectivity index (χ1) is 9.02. The van der Waals surface area contributed by atoms with Gasteiger partial charge in [-0.25, -0.2) is 9.37 Å². The number of pyridine rings is 1. The Balaban J connectivity index is 2.31. The minimum atomic E-state index is -1.37. The summed E-state index contributed by atoms with van der Waals surface area (Å²) in [7, 11) is 0. The fourth-order valence-electron chi connectivity index (χ4n) is 1.82. The number of hydrogen-bond acceptors (Lipinski definition) is 4. The molecule has 2 heterocycles. The second-order valence-electron chi connectivity index (χ2n) is 3.95. The number of amides is 2. The number of morpholine rings is 1. The third-order valence-corrected chi connectivity index (χ3v) is 2.79. The molecule has 1 aromatic rings. The Morgan fingerprint density at radius 1 is 1.47 bits per heavy atom. The van der Waals surface area contributed by atoms with E-state index in [9.17, 15) is 18.4 Å². The van der Waals surface area contributed by atoms with Gasteiger partial charge in [0.15, 0.2) is 5.82 Å². The van der Waals surface area contributed by atoms with E-state index >= 15 is 0 Å². The van der Waals surface area contributed by atoms with Gasteiger partial charge in [0.2, 0.25) is 11.9 Å². The molecular weight excluding hydrogens is 260 g/mol. The third-order valence-electron chi connectivity index (χ3n) is 2.79. The topological polar surface area (TPSA) is 85.5 Å². The van der Waals surface area contributed by atoms with Gasteiger partial charge >= 0.3 is 0 Å². The normalized spacial score (nSPS) is 19.3. The van der Waals surface area contributed by atoms with Crippen molar-refractivity contribution in [2.75, 3.05) is 19.8 Å². The van der Waals surface area contributed by atoms with Crippen molar-refractivity contribution in [3.63, 3.8) is 0 Å². The van der Waals surface area contributed by atoms with Gasteiger partial charge in [0.05, 0.1) is 18.8 Å². The molecule has 2 rings (SSSR count). The summed E-state index contributed by atoms with van der Waals surface area (Å²) >= 11 is 0. The zero-order valence-electron chi connectivity index (χ0n) is 9.81. The standard InChI is InChI=1S/C11H11F2N3O3/c12-8-6(1-2-15-9(8)13)11(18)16-3-4-19-5-7(16)10(14)17/h1-2,7H,3-5H2,(H2,14,17). The van der Waals surface area contributed by atoms with E-state index in [1.165, 1.54) is 0 Å². The van der Waals surface area contributed by atoms with Crippen molar-refractivity contribution in [1.82, 2.24) is 9.88 Å². The second-order valence-corrected chi connectivity index (χ2v) is 3.95. The van der Waals surface area contributed by atoms with E-state index in [1.54, 1.807) is 0 Å². The maximum atomic E-state index is 13.5. The third kappa shape index (κ3) is 2.53. The van der Waals surface area contributed by atoms with Gasteiger partial charge in [-0.05, 0) is 6.07 Å². The zero-order valence-corrected chi connectivity index (χ0v) is 9.81. The SMILES string of the molecule is NC(=O)C1COCCN1C(=O)c1ccnc(F)c1F. The monoisotopic (exact) mass is 271 g/mol. The highest BCUT2D eigenvalue weighted by molar-refractivity contribution is 5.97. The first kappa shape index (κ1) is 13.3. The van der Waals surface area contributed by atoms with E-state index in [1.807, 2.05) is 0 Å². The molecule has 1 aromatic heterocycles. The summed E-state index contributed by atoms with van der Waals surface area (Å²) in [5.41, 5.74) is 4.66. The van der Waals surface area contributed by atoms with Gasteiger partial charge in [-0.3, -0.25) is 9.59 Å². The van der Waals surface area contributed by atoms with E-state index in [2.05, 4.69) is 4.98 Å². The number of carbonyl (C=O) groups is 2. The highest BCUT2D eigenvalue weighted by Crippen LogP contribution is 2.16. The molecule has 6 nitrogen and oxygen atoms in total. The minimum Gasteiger partial charge on any atom is -0.377 e. The van der Waals surface area contributed by atoms with Crippen LogP contribution in [0.25, 0.3) is 0 Å². The van der Waals surface area contributed by atoms with Crippen LogP contribution in [0.15, 0.2) is 12.3 Å². The quantitative estimate of drug-likeness (QED) is 0.747. The van der Waals surface area contributed by atoms with Crippen LogP contribution in [-0.2, 0) is 9.53 Å². The number of aromatic nitrogens is 1. The number of halogens is 2. The molecule has 1 fully saturated rings. The first-order valence-electron chi connectivity index (χ1n) is 5.50. The van der Waals surface area contributed by atoms with Gasteiger partial charge in [0, 0.05) is 12.7 Å². The lowest BCUT2D eigenvalue weighted by Gasteiger charge is -2.33. The largest absolute Gasteiger partial charge is 0.377 e. The molecule has 102 valence electrons. The van der Waals surface area contributed by atoms with Crippen molar-refractivity contribution in [3.8, 4) is 0 Å². The van der Waals surface area contributed by atoms with Crippen LogP contribution in [0.4, 0.5) is 8.78 Å². The van der Waals surface area contributed by atoms with E-state index in [0.717, 1.165) is 17.2 Å². The van der Waals surface area contributed by atoms with Crippen LogP contribution >= 0.6 is 0 Å². The van der Waals surface area contributed by atoms with Gasteiger partial charge in [-0.15, -0.1) is 0 Å². The van der Waals surface area contributed by atoms with E-state index in [4.69, 9.17) is 10.5 Å². The molecule has 0 radical (unpaired) electrons. The molecular formula is C11H11F2N3O3. The van der Waals surface area contributed by atoms with E-state index in [0.29, 0.717) is 0 Å². The molecule has 2 N–H and O–H groups in total. The van der Waals surface area contributed by atoms with Gasteiger partial charge in [0.1, 0.15) is 6.04 Å². The number of nitrogens with two attached hydrogens (primary N) is 1. The van der Waals surface area contributed by atoms with Crippen molar-refractivity contribution in [1.29, 1.82) is 0 Å². The number of nitrogens with zero attached hydrogens (tertiary/aromatic N) is 2. The molecule has 0 saturated carbocycles. The molecule has 1 saturated heterocycles. The molecule has 0 spiro atoms. The lowest BCUT2D eigenvalue weighted by molar-refractivity contribution is -0.127. The summed E-state index contributed by atoms with van der Waals surface area (Å²) in [6.45, 7) is 0.219. The van der Waals surface area contributed by atoms with Crippen molar-refractivity contribution in [2.24, 2.45) is 5.73 Å². The second kappa shape index (κ2) is 5.27. The van der Waals surface area contributed by atoms with Crippen LogP contribution in [0.2, 0.25) is 0 Å². The molecule has 1 atom stereocenters. The summed E-state index contributed by atoms with van der Waals surface area (Å²) in [5.74, 6) is -4.29. The number of primary amides is 1. The smallest absolute Gasteiger partial charge is 0.257 e. The number of rotatable bonds is 2. The Morgan fingerprint density at radius 3 is 2.89 bits per heavy atom. The predicted octanol–water partition coefficient (Wildman–Crippen LogP) is -0.314. The van der Waals surface area contributed by atoms with Crippen LogP contribution in [0.5, 0.6) is 0 Å². The Morgan fingerprint density at radius 2 is 2.21 bits per heavy atom. The van der Waals surface area contributed by atoms with Gasteiger partial charge in [-0.1, -0.05) is 0 Å². The van der Waals surface area contributed by atoms with E-state index < -0.39 is 35.2 Å². The van der Waals surface area contributed by atoms with Crippen molar-refractivity contribution >= 4 is 11.8 Å². The Kier molecular flexibility index (Phi) is 3.70. The molecule has 0 bridgehead atoms. The fourth-order valence-corrected chi connectivity index (χ4v) is 1.82. The maximum Gasteiger partial charge on any atom is 0.257 e. The number of ether oxygens (including phenoxy) is 1. The summed E-state index contributed by atoms with van der Waals surface area (Å²) in [5, 5.41) is 0. The lowest BCUT2D eigenvalue weighted by Crippen LogP contribution is -2.54. The molecule has 0 aromatic carbocycles.